The molecule has 13 heavy (non-hydrogen) atoms. The molecule has 0 aromatic heterocycles. The van der Waals surface area contributed by atoms with Crippen molar-refractivity contribution in [3.05, 3.63) is 46.0 Å². The van der Waals surface area contributed by atoms with Crippen molar-refractivity contribution in [3.63, 3.8) is 0 Å². The smallest absolute Gasteiger partial charge is 0.0439 e. The summed E-state index contributed by atoms with van der Waals surface area (Å²) in [5, 5.41) is 1.52. The van der Waals surface area contributed by atoms with Crippen molar-refractivity contribution in [1.29, 1.82) is 0 Å². The maximum Gasteiger partial charge on any atom is 0.0439 e. The largest absolute Gasteiger partial charge is 0.100 e. The summed E-state index contributed by atoms with van der Waals surface area (Å²) in [5.74, 6) is 0. The minimum atomic E-state index is 0.737. The Bertz CT molecular complexity index is 316. The molecule has 1 aromatic rings. The molecule has 0 fully saturated rings. The SMILES string of the molecule is C=C(C)CCc1cc(Cl)ccc1Cl. The van der Waals surface area contributed by atoms with Crippen LogP contribution < -0.4 is 0 Å². The number of benzene rings is 1. The van der Waals surface area contributed by atoms with E-state index in [1.807, 2.05) is 19.1 Å². The quantitative estimate of drug-likeness (QED) is 0.651. The van der Waals surface area contributed by atoms with Gasteiger partial charge in [-0.2, -0.15) is 0 Å². The maximum atomic E-state index is 5.99. The van der Waals surface area contributed by atoms with E-state index in [0.29, 0.717) is 0 Å². The molecule has 1 aromatic carbocycles. The molecular weight excluding hydrogens is 203 g/mol. The van der Waals surface area contributed by atoms with Gasteiger partial charge >= 0.3 is 0 Å². The number of hydrogen-bond donors (Lipinski definition) is 0. The van der Waals surface area contributed by atoms with Gasteiger partial charge in [0, 0.05) is 10.0 Å². The Balaban J connectivity index is 2.75. The zero-order valence-corrected chi connectivity index (χ0v) is 9.12. The van der Waals surface area contributed by atoms with E-state index in [0.717, 1.165) is 34.0 Å². The summed E-state index contributed by atoms with van der Waals surface area (Å²) in [5.41, 5.74) is 2.26. The number of hydrogen-bond acceptors (Lipinski definition) is 0. The number of rotatable bonds is 3. The molecule has 0 amide bonds. The normalized spacial score (nSPS) is 10.1. The molecule has 0 saturated carbocycles. The average molecular weight is 215 g/mol. The third-order valence-electron chi connectivity index (χ3n) is 1.83. The number of allylic oxidation sites excluding steroid dienone is 1. The maximum absolute atomic E-state index is 5.99. The lowest BCUT2D eigenvalue weighted by Crippen LogP contribution is -1.87. The summed E-state index contributed by atoms with van der Waals surface area (Å²) in [4.78, 5) is 0. The van der Waals surface area contributed by atoms with Gasteiger partial charge in [-0.1, -0.05) is 28.8 Å². The predicted molar refractivity (Wildman–Crippen MR) is 59.6 cm³/mol. The van der Waals surface area contributed by atoms with Crippen molar-refractivity contribution in [2.75, 3.05) is 0 Å². The first-order valence-electron chi connectivity index (χ1n) is 4.18. The first-order chi connectivity index (χ1) is 6.09. The van der Waals surface area contributed by atoms with Gasteiger partial charge in [0.1, 0.15) is 0 Å². The van der Waals surface area contributed by atoms with Crippen LogP contribution in [0.4, 0.5) is 0 Å². The summed E-state index contributed by atoms with van der Waals surface area (Å²) in [6, 6.07) is 5.54. The third kappa shape index (κ3) is 3.41. The molecule has 0 N–H and O–H groups in total. The molecule has 0 unspecified atom stereocenters. The van der Waals surface area contributed by atoms with Crippen LogP contribution in [-0.4, -0.2) is 0 Å². The Morgan fingerprint density at radius 3 is 2.69 bits per heavy atom. The minimum Gasteiger partial charge on any atom is -0.100 e. The zero-order valence-electron chi connectivity index (χ0n) is 7.61. The average Bonchev–Trinajstić information content (AvgIpc) is 2.06. The van der Waals surface area contributed by atoms with Gasteiger partial charge in [-0.15, -0.1) is 6.58 Å². The monoisotopic (exact) mass is 214 g/mol. The summed E-state index contributed by atoms with van der Waals surface area (Å²) >= 11 is 11.8. The van der Waals surface area contributed by atoms with E-state index < -0.39 is 0 Å². The highest BCUT2D eigenvalue weighted by Crippen LogP contribution is 2.22. The molecule has 0 aliphatic heterocycles. The molecule has 1 rings (SSSR count). The highest BCUT2D eigenvalue weighted by Gasteiger charge is 2.00. The van der Waals surface area contributed by atoms with Crippen LogP contribution in [0.5, 0.6) is 0 Å². The van der Waals surface area contributed by atoms with Crippen LogP contribution in [0, 0.1) is 0 Å². The molecule has 70 valence electrons. The van der Waals surface area contributed by atoms with E-state index in [9.17, 15) is 0 Å². The third-order valence-corrected chi connectivity index (χ3v) is 2.43. The second kappa shape index (κ2) is 4.69. The van der Waals surface area contributed by atoms with Gasteiger partial charge in [-0.25, -0.2) is 0 Å². The zero-order chi connectivity index (χ0) is 9.84. The summed E-state index contributed by atoms with van der Waals surface area (Å²) in [7, 11) is 0. The fourth-order valence-electron chi connectivity index (χ4n) is 1.08. The Morgan fingerprint density at radius 2 is 2.08 bits per heavy atom. The van der Waals surface area contributed by atoms with Gasteiger partial charge < -0.3 is 0 Å². The van der Waals surface area contributed by atoms with Gasteiger partial charge in [0.05, 0.1) is 0 Å². The highest BCUT2D eigenvalue weighted by atomic mass is 35.5. The van der Waals surface area contributed by atoms with Crippen LogP contribution in [0.15, 0.2) is 30.4 Å². The van der Waals surface area contributed by atoms with Gasteiger partial charge in [0.2, 0.25) is 0 Å². The first-order valence-corrected chi connectivity index (χ1v) is 4.93. The van der Waals surface area contributed by atoms with E-state index in [1.165, 1.54) is 0 Å². The highest BCUT2D eigenvalue weighted by molar-refractivity contribution is 6.33. The van der Waals surface area contributed by atoms with Crippen molar-refractivity contribution in [3.8, 4) is 0 Å². The van der Waals surface area contributed by atoms with Gasteiger partial charge in [0.15, 0.2) is 0 Å². The Hall–Kier alpha value is -0.460. The fraction of sp³-hybridized carbons (Fsp3) is 0.273. The Morgan fingerprint density at radius 1 is 1.38 bits per heavy atom. The molecule has 0 saturated heterocycles. The molecule has 0 aliphatic carbocycles. The lowest BCUT2D eigenvalue weighted by Gasteiger charge is -2.04. The van der Waals surface area contributed by atoms with Crippen LogP contribution in [0.25, 0.3) is 0 Å². The Kier molecular flexibility index (Phi) is 3.83. The standard InChI is InChI=1S/C11H12Cl2/c1-8(2)3-4-9-7-10(12)5-6-11(9)13/h5-7H,1,3-4H2,2H3. The van der Waals surface area contributed by atoms with Crippen LogP contribution in [0.2, 0.25) is 10.0 Å². The van der Waals surface area contributed by atoms with Crippen LogP contribution in [0.3, 0.4) is 0 Å². The molecule has 0 spiro atoms. The van der Waals surface area contributed by atoms with Crippen molar-refractivity contribution in [2.45, 2.75) is 19.8 Å². The van der Waals surface area contributed by atoms with Crippen LogP contribution >= 0.6 is 23.2 Å². The van der Waals surface area contributed by atoms with Crippen LogP contribution in [-0.2, 0) is 6.42 Å². The summed E-state index contributed by atoms with van der Waals surface area (Å²) < 4.78 is 0. The van der Waals surface area contributed by atoms with Crippen LogP contribution in [0.1, 0.15) is 18.9 Å². The minimum absolute atomic E-state index is 0.737. The lowest BCUT2D eigenvalue weighted by molar-refractivity contribution is 0.946. The fourth-order valence-corrected chi connectivity index (χ4v) is 1.49. The molecule has 0 nitrogen and oxygen atoms in total. The van der Waals surface area contributed by atoms with Crippen molar-refractivity contribution < 1.29 is 0 Å². The van der Waals surface area contributed by atoms with Crippen molar-refractivity contribution >= 4 is 23.2 Å². The van der Waals surface area contributed by atoms with Crippen molar-refractivity contribution in [2.24, 2.45) is 0 Å². The van der Waals surface area contributed by atoms with E-state index in [1.54, 1.807) is 6.07 Å². The van der Waals surface area contributed by atoms with Gasteiger partial charge in [-0.3, -0.25) is 0 Å². The first kappa shape index (κ1) is 10.6. The van der Waals surface area contributed by atoms with Gasteiger partial charge in [-0.05, 0) is 43.5 Å². The summed E-state index contributed by atoms with van der Waals surface area (Å²) in [6.45, 7) is 5.86. The topological polar surface area (TPSA) is 0 Å². The second-order valence-electron chi connectivity index (χ2n) is 3.19. The van der Waals surface area contributed by atoms with E-state index >= 15 is 0 Å². The van der Waals surface area contributed by atoms with Crippen molar-refractivity contribution in [1.82, 2.24) is 0 Å². The Labute approximate surface area is 89.2 Å². The number of aryl methyl sites for hydroxylation is 1. The molecule has 0 atom stereocenters. The molecule has 0 aliphatic rings. The molecule has 0 heterocycles. The molecule has 2 heteroatoms. The molecule has 0 radical (unpaired) electrons. The van der Waals surface area contributed by atoms with E-state index in [-0.39, 0.29) is 0 Å². The van der Waals surface area contributed by atoms with Gasteiger partial charge in [0.25, 0.3) is 0 Å². The second-order valence-corrected chi connectivity index (χ2v) is 4.04. The predicted octanol–water partition coefficient (Wildman–Crippen LogP) is 4.50. The van der Waals surface area contributed by atoms with E-state index in [2.05, 4.69) is 6.58 Å². The molecular formula is C11H12Cl2. The lowest BCUT2D eigenvalue weighted by atomic mass is 10.1. The van der Waals surface area contributed by atoms with E-state index in [4.69, 9.17) is 23.2 Å². The molecule has 0 bridgehead atoms. The number of halogens is 2. The summed E-state index contributed by atoms with van der Waals surface area (Å²) in [6.07, 6.45) is 1.87.